The van der Waals surface area contributed by atoms with Gasteiger partial charge in [-0.25, -0.2) is 0 Å². The fraction of sp³-hybridized carbons (Fsp3) is 0.541. The second-order valence-corrected chi connectivity index (χ2v) is 12.9. The van der Waals surface area contributed by atoms with E-state index in [1.54, 1.807) is 12.1 Å². The van der Waals surface area contributed by atoms with Crippen LogP contribution in [0.25, 0.3) is 0 Å². The van der Waals surface area contributed by atoms with E-state index in [2.05, 4.69) is 40.1 Å². The number of carbonyl (C=O) groups is 4. The van der Waals surface area contributed by atoms with Crippen LogP contribution in [-0.4, -0.2) is 72.5 Å². The molecule has 0 fully saturated rings. The van der Waals surface area contributed by atoms with Gasteiger partial charge >= 0.3 is 0 Å². The number of aryl methyl sites for hydroxylation is 1. The number of carbonyl (C=O) groups excluding carboxylic acids is 4. The summed E-state index contributed by atoms with van der Waals surface area (Å²) in [6.07, 6.45) is 6.30. The maximum atomic E-state index is 13.8. The minimum atomic E-state index is -1.08. The number of nitrogens with one attached hydrogen (secondary N) is 4. The molecule has 4 atom stereocenters. The summed E-state index contributed by atoms with van der Waals surface area (Å²) in [4.78, 5) is 57.2. The summed E-state index contributed by atoms with van der Waals surface area (Å²) in [6, 6.07) is 9.28. The minimum absolute atomic E-state index is 0.0938. The summed E-state index contributed by atoms with van der Waals surface area (Å²) < 4.78 is 0. The van der Waals surface area contributed by atoms with Gasteiger partial charge in [-0.05, 0) is 80.0 Å². The molecule has 1 aliphatic rings. The van der Waals surface area contributed by atoms with Gasteiger partial charge in [0.25, 0.3) is 0 Å². The molecule has 0 radical (unpaired) electrons. The van der Waals surface area contributed by atoms with E-state index >= 15 is 0 Å². The van der Waals surface area contributed by atoms with Gasteiger partial charge in [-0.1, -0.05) is 63.4 Å². The first-order valence-corrected chi connectivity index (χ1v) is 17.9. The summed E-state index contributed by atoms with van der Waals surface area (Å²) in [6.45, 7) is 7.74. The SMILES string of the molecule is CCCCC.Cc1cc(O)cc2c1C(C(=O)NC(CCCN=C(N)N)C(=O)NC(Cc1ccccc1)C(=O)NC(CCCCN)C(N)=O)CNC2. The number of hydrogen-bond acceptors (Lipinski definition) is 8. The Hall–Kier alpha value is -4.69. The van der Waals surface area contributed by atoms with E-state index in [1.165, 1.54) is 19.3 Å². The number of phenols is 1. The molecule has 0 saturated heterocycles. The topological polar surface area (TPSA) is 253 Å². The fourth-order valence-corrected chi connectivity index (χ4v) is 5.95. The van der Waals surface area contributed by atoms with Gasteiger partial charge in [-0.15, -0.1) is 0 Å². The van der Waals surface area contributed by atoms with Crippen LogP contribution >= 0.6 is 0 Å². The summed E-state index contributed by atoms with van der Waals surface area (Å²) in [5.41, 5.74) is 25.2. The summed E-state index contributed by atoms with van der Waals surface area (Å²) in [7, 11) is 0. The van der Waals surface area contributed by atoms with Crippen molar-refractivity contribution >= 4 is 29.6 Å². The number of primary amides is 1. The van der Waals surface area contributed by atoms with Gasteiger partial charge in [0.15, 0.2) is 5.96 Å². The number of benzene rings is 2. The van der Waals surface area contributed by atoms with Gasteiger partial charge in [-0.3, -0.25) is 24.2 Å². The van der Waals surface area contributed by atoms with E-state index < -0.39 is 41.8 Å². The quantitative estimate of drug-likeness (QED) is 0.0581. The lowest BCUT2D eigenvalue weighted by Gasteiger charge is -2.30. The number of fused-ring (bicyclic) bond motifs is 1. The molecule has 14 heteroatoms. The molecule has 0 bridgehead atoms. The zero-order valence-corrected chi connectivity index (χ0v) is 30.4. The molecule has 1 heterocycles. The number of aliphatic imine (C=N–C) groups is 1. The highest BCUT2D eigenvalue weighted by Crippen LogP contribution is 2.31. The lowest BCUT2D eigenvalue weighted by atomic mass is 9.86. The van der Waals surface area contributed by atoms with Crippen molar-refractivity contribution in [1.29, 1.82) is 0 Å². The van der Waals surface area contributed by atoms with Gasteiger partial charge in [0, 0.05) is 26.1 Å². The predicted octanol–water partition coefficient (Wildman–Crippen LogP) is 1.45. The number of nitrogens with two attached hydrogens (primary N) is 4. The van der Waals surface area contributed by atoms with Crippen LogP contribution in [0.1, 0.15) is 93.4 Å². The van der Waals surface area contributed by atoms with E-state index in [9.17, 15) is 24.3 Å². The number of guanidine groups is 1. The number of rotatable bonds is 19. The van der Waals surface area contributed by atoms with Crippen molar-refractivity contribution in [1.82, 2.24) is 21.3 Å². The summed E-state index contributed by atoms with van der Waals surface area (Å²) in [5, 5.41) is 21.6. The highest BCUT2D eigenvalue weighted by molar-refractivity contribution is 5.95. The molecule has 0 saturated carbocycles. The van der Waals surface area contributed by atoms with Gasteiger partial charge < -0.3 is 49.3 Å². The van der Waals surface area contributed by atoms with E-state index in [0.29, 0.717) is 45.3 Å². The number of amides is 4. The van der Waals surface area contributed by atoms with Crippen molar-refractivity contribution in [3.8, 4) is 5.75 Å². The molecule has 4 amide bonds. The molecular formula is C37H59N9O5. The Kier molecular flexibility index (Phi) is 19.1. The largest absolute Gasteiger partial charge is 0.508 e. The zero-order valence-electron chi connectivity index (χ0n) is 30.4. The summed E-state index contributed by atoms with van der Waals surface area (Å²) in [5.74, 6) is -2.85. The second kappa shape index (κ2) is 22.9. The molecule has 14 nitrogen and oxygen atoms in total. The zero-order chi connectivity index (χ0) is 37.8. The smallest absolute Gasteiger partial charge is 0.243 e. The number of nitrogens with zero attached hydrogens (tertiary/aromatic N) is 1. The lowest BCUT2D eigenvalue weighted by Crippen LogP contribution is -2.57. The van der Waals surface area contributed by atoms with Crippen LogP contribution in [-0.2, 0) is 32.1 Å². The molecule has 2 aromatic carbocycles. The number of phenolic OH excluding ortho intramolecular Hbond substituents is 1. The molecule has 13 N–H and O–H groups in total. The Bertz CT molecular complexity index is 1430. The maximum Gasteiger partial charge on any atom is 0.243 e. The monoisotopic (exact) mass is 709 g/mol. The first kappa shape index (κ1) is 42.5. The molecule has 3 rings (SSSR count). The third kappa shape index (κ3) is 15.0. The van der Waals surface area contributed by atoms with Crippen LogP contribution in [0.15, 0.2) is 47.5 Å². The molecule has 4 unspecified atom stereocenters. The number of aromatic hydroxyl groups is 1. The number of hydrogen-bond donors (Lipinski definition) is 9. The first-order chi connectivity index (χ1) is 24.4. The lowest BCUT2D eigenvalue weighted by molar-refractivity contribution is -0.133. The Labute approximate surface area is 302 Å². The minimum Gasteiger partial charge on any atom is -0.508 e. The second-order valence-electron chi connectivity index (χ2n) is 12.9. The molecular weight excluding hydrogens is 650 g/mol. The van der Waals surface area contributed by atoms with Crippen LogP contribution < -0.4 is 44.2 Å². The normalized spacial score (nSPS) is 15.1. The summed E-state index contributed by atoms with van der Waals surface area (Å²) >= 11 is 0. The highest BCUT2D eigenvalue weighted by Gasteiger charge is 2.33. The fourth-order valence-electron chi connectivity index (χ4n) is 5.95. The van der Waals surface area contributed by atoms with E-state index in [4.69, 9.17) is 22.9 Å². The van der Waals surface area contributed by atoms with Crippen LogP contribution in [0.4, 0.5) is 0 Å². The van der Waals surface area contributed by atoms with E-state index in [-0.39, 0.29) is 37.0 Å². The average Bonchev–Trinajstić information content (AvgIpc) is 3.09. The molecule has 282 valence electrons. The Balaban J connectivity index is 0.00000168. The Morgan fingerprint density at radius 2 is 1.53 bits per heavy atom. The standard InChI is InChI=1S/C32H47N9O5.C5H12/c1-19-14-22(42)16-21-17-37-18-23(27(19)21)29(44)40-25(11-7-13-38-32(35)36)30(45)41-26(15-20-8-3-2-4-9-20)31(46)39-24(28(34)43)10-5-6-12-33;1-3-5-4-2/h2-4,8-9,14,16,23-26,37,42H,5-7,10-13,15,17-18,33H2,1H3,(H2,34,43)(H,39,46)(H,40,44)(H,41,45)(H4,35,36,38);3-5H2,1-2H3. The van der Waals surface area contributed by atoms with Crippen molar-refractivity contribution in [2.45, 2.75) is 109 Å². The van der Waals surface area contributed by atoms with E-state index in [1.807, 2.05) is 37.3 Å². The van der Waals surface area contributed by atoms with Crippen LogP contribution in [0.5, 0.6) is 5.75 Å². The van der Waals surface area contributed by atoms with Gasteiger partial charge in [0.1, 0.15) is 23.9 Å². The Morgan fingerprint density at radius 3 is 2.14 bits per heavy atom. The molecule has 0 aliphatic carbocycles. The molecule has 0 aromatic heterocycles. The van der Waals surface area contributed by atoms with Crippen LogP contribution in [0.2, 0.25) is 0 Å². The maximum absolute atomic E-state index is 13.8. The Morgan fingerprint density at radius 1 is 0.882 bits per heavy atom. The van der Waals surface area contributed by atoms with Gasteiger partial charge in [0.05, 0.1) is 5.92 Å². The molecule has 51 heavy (non-hydrogen) atoms. The first-order valence-electron chi connectivity index (χ1n) is 17.9. The van der Waals surface area contributed by atoms with Crippen molar-refractivity contribution in [3.63, 3.8) is 0 Å². The van der Waals surface area contributed by atoms with Gasteiger partial charge in [-0.2, -0.15) is 0 Å². The third-order valence-electron chi connectivity index (χ3n) is 8.59. The third-order valence-corrected chi connectivity index (χ3v) is 8.59. The highest BCUT2D eigenvalue weighted by atomic mass is 16.3. The van der Waals surface area contributed by atoms with Crippen molar-refractivity contribution in [2.24, 2.45) is 27.9 Å². The number of unbranched alkanes of at least 4 members (excludes halogenated alkanes) is 3. The van der Waals surface area contributed by atoms with Crippen molar-refractivity contribution < 1.29 is 24.3 Å². The molecule has 0 spiro atoms. The van der Waals surface area contributed by atoms with Crippen molar-refractivity contribution in [3.05, 3.63) is 64.7 Å². The predicted molar refractivity (Wildman–Crippen MR) is 200 cm³/mol. The molecule has 1 aliphatic heterocycles. The van der Waals surface area contributed by atoms with Crippen LogP contribution in [0, 0.1) is 6.92 Å². The van der Waals surface area contributed by atoms with Crippen LogP contribution in [0.3, 0.4) is 0 Å². The van der Waals surface area contributed by atoms with E-state index in [0.717, 1.165) is 22.3 Å². The van der Waals surface area contributed by atoms with Crippen molar-refractivity contribution in [2.75, 3.05) is 19.6 Å². The average molecular weight is 710 g/mol. The van der Waals surface area contributed by atoms with Gasteiger partial charge in [0.2, 0.25) is 23.6 Å². The molecule has 2 aromatic rings.